The second kappa shape index (κ2) is 9.69. The van der Waals surface area contributed by atoms with Crippen molar-refractivity contribution in [1.29, 1.82) is 0 Å². The van der Waals surface area contributed by atoms with E-state index in [1.165, 1.54) is 32.4 Å². The van der Waals surface area contributed by atoms with Crippen LogP contribution in [0.3, 0.4) is 0 Å². The Hall–Kier alpha value is -2.67. The van der Waals surface area contributed by atoms with E-state index in [9.17, 15) is 13.8 Å². The number of piperidine rings is 1. The van der Waals surface area contributed by atoms with Crippen LogP contribution in [0.15, 0.2) is 53.4 Å². The molecule has 29 heavy (non-hydrogen) atoms. The summed E-state index contributed by atoms with van der Waals surface area (Å²) in [6, 6.07) is 14.2. The molecule has 0 unspecified atom stereocenters. The van der Waals surface area contributed by atoms with Gasteiger partial charge in [-0.3, -0.25) is 9.00 Å². The van der Waals surface area contributed by atoms with Gasteiger partial charge in [-0.15, -0.1) is 0 Å². The maximum Gasteiger partial charge on any atom is 0.340 e. The van der Waals surface area contributed by atoms with Crippen LogP contribution in [-0.2, 0) is 20.3 Å². The number of benzene rings is 2. The molecule has 1 amide bonds. The Bertz CT molecular complexity index is 892. The normalized spacial score (nSPS) is 16.0. The van der Waals surface area contributed by atoms with Gasteiger partial charge in [-0.25, -0.2) is 4.79 Å². The monoisotopic (exact) mass is 414 g/mol. The molecule has 1 fully saturated rings. The maximum atomic E-state index is 12.4. The molecule has 1 aliphatic rings. The predicted molar refractivity (Wildman–Crippen MR) is 115 cm³/mol. The number of rotatable bonds is 6. The van der Waals surface area contributed by atoms with Gasteiger partial charge in [-0.2, -0.15) is 0 Å². The average Bonchev–Trinajstić information content (AvgIpc) is 2.74. The molecule has 0 saturated carbocycles. The molecule has 0 aliphatic carbocycles. The van der Waals surface area contributed by atoms with Crippen LogP contribution < -0.4 is 10.2 Å². The van der Waals surface area contributed by atoms with E-state index in [0.29, 0.717) is 10.6 Å². The van der Waals surface area contributed by atoms with Gasteiger partial charge >= 0.3 is 5.97 Å². The van der Waals surface area contributed by atoms with Gasteiger partial charge in [0.2, 0.25) is 0 Å². The molecule has 0 radical (unpaired) electrons. The van der Waals surface area contributed by atoms with Gasteiger partial charge in [0.25, 0.3) is 5.91 Å². The summed E-state index contributed by atoms with van der Waals surface area (Å²) in [5, 5.41) is 2.77. The number of ether oxygens (including phenoxy) is 1. The third-order valence-electron chi connectivity index (χ3n) is 4.93. The van der Waals surface area contributed by atoms with Crippen molar-refractivity contribution in [3.8, 4) is 0 Å². The molecule has 0 aromatic heterocycles. The van der Waals surface area contributed by atoms with E-state index in [1.807, 2.05) is 24.3 Å². The van der Waals surface area contributed by atoms with Crippen LogP contribution in [0.2, 0.25) is 0 Å². The summed E-state index contributed by atoms with van der Waals surface area (Å²) in [7, 11) is -1.33. The van der Waals surface area contributed by atoms with Crippen LogP contribution in [0.25, 0.3) is 0 Å². The molecule has 0 spiro atoms. The number of carbonyl (C=O) groups is 2. The van der Waals surface area contributed by atoms with Gasteiger partial charge in [-0.05, 0) is 62.6 Å². The van der Waals surface area contributed by atoms with Gasteiger partial charge in [0.15, 0.2) is 6.10 Å². The van der Waals surface area contributed by atoms with Crippen LogP contribution in [-0.4, -0.2) is 41.5 Å². The summed E-state index contributed by atoms with van der Waals surface area (Å²) < 4.78 is 17.1. The fourth-order valence-corrected chi connectivity index (χ4v) is 4.05. The predicted octanol–water partition coefficient (Wildman–Crippen LogP) is 3.60. The summed E-state index contributed by atoms with van der Waals surface area (Å²) in [6.45, 7) is 3.63. The Morgan fingerprint density at radius 2 is 1.69 bits per heavy atom. The minimum absolute atomic E-state index is 0.207. The lowest BCUT2D eigenvalue weighted by Crippen LogP contribution is -2.30. The summed E-state index contributed by atoms with van der Waals surface area (Å²) in [6.07, 6.45) is 4.20. The lowest BCUT2D eigenvalue weighted by atomic mass is 10.1. The third-order valence-corrected chi connectivity index (χ3v) is 5.90. The topological polar surface area (TPSA) is 75.7 Å². The number of amides is 1. The number of nitrogens with zero attached hydrogens (tertiary/aromatic N) is 1. The van der Waals surface area contributed by atoms with Crippen LogP contribution in [0.1, 0.15) is 36.5 Å². The molecule has 1 saturated heterocycles. The van der Waals surface area contributed by atoms with E-state index in [1.54, 1.807) is 24.3 Å². The Labute approximate surface area is 173 Å². The second-order valence-corrected chi connectivity index (χ2v) is 8.43. The molecule has 2 aromatic rings. The lowest BCUT2D eigenvalue weighted by molar-refractivity contribution is -0.123. The minimum atomic E-state index is -1.33. The molecule has 1 heterocycles. The maximum absolute atomic E-state index is 12.4. The van der Waals surface area contributed by atoms with Crippen LogP contribution in [0.4, 0.5) is 11.4 Å². The molecular formula is C22H26N2O4S. The van der Waals surface area contributed by atoms with E-state index >= 15 is 0 Å². The molecule has 7 heteroatoms. The summed E-state index contributed by atoms with van der Waals surface area (Å²) in [4.78, 5) is 27.6. The van der Waals surface area contributed by atoms with E-state index in [2.05, 4.69) is 10.2 Å². The Morgan fingerprint density at radius 3 is 2.34 bits per heavy atom. The SMILES string of the molecule is C[C@@H](OC(=O)c1ccccc1[S@](C)=O)C(=O)Nc1ccc(N2CCCCC2)cc1. The summed E-state index contributed by atoms with van der Waals surface area (Å²) >= 11 is 0. The molecular weight excluding hydrogens is 388 g/mol. The van der Waals surface area contributed by atoms with E-state index < -0.39 is 28.8 Å². The summed E-state index contributed by atoms with van der Waals surface area (Å²) in [5.41, 5.74) is 2.00. The highest BCUT2D eigenvalue weighted by molar-refractivity contribution is 7.84. The molecule has 1 aliphatic heterocycles. The second-order valence-electron chi connectivity index (χ2n) is 7.08. The van der Waals surface area contributed by atoms with Gasteiger partial charge in [-0.1, -0.05) is 12.1 Å². The third kappa shape index (κ3) is 5.44. The smallest absolute Gasteiger partial charge is 0.340 e. The number of hydrogen-bond acceptors (Lipinski definition) is 5. The quantitative estimate of drug-likeness (QED) is 0.731. The minimum Gasteiger partial charge on any atom is -0.449 e. The van der Waals surface area contributed by atoms with Crippen molar-refractivity contribution < 1.29 is 18.5 Å². The molecule has 2 aromatic carbocycles. The number of carbonyl (C=O) groups excluding carboxylic acids is 2. The van der Waals surface area contributed by atoms with Crippen LogP contribution in [0.5, 0.6) is 0 Å². The largest absolute Gasteiger partial charge is 0.449 e. The van der Waals surface area contributed by atoms with E-state index in [0.717, 1.165) is 18.8 Å². The van der Waals surface area contributed by atoms with Crippen molar-refractivity contribution in [2.45, 2.75) is 37.2 Å². The standard InChI is InChI=1S/C22H26N2O4S/c1-16(28-22(26)19-8-4-5-9-20(19)29(2)27)21(25)23-17-10-12-18(13-11-17)24-14-6-3-7-15-24/h4-5,8-13,16H,3,6-7,14-15H2,1-2H3,(H,23,25)/t16-,29+/m1/s1. The van der Waals surface area contributed by atoms with Crippen molar-refractivity contribution >= 4 is 34.1 Å². The number of esters is 1. The number of nitrogens with one attached hydrogen (secondary N) is 1. The van der Waals surface area contributed by atoms with Gasteiger partial charge in [0.05, 0.1) is 21.3 Å². The molecule has 6 nitrogen and oxygen atoms in total. The van der Waals surface area contributed by atoms with E-state index in [4.69, 9.17) is 4.74 Å². The zero-order valence-corrected chi connectivity index (χ0v) is 17.5. The van der Waals surface area contributed by atoms with Crippen molar-refractivity contribution in [2.24, 2.45) is 0 Å². The highest BCUT2D eigenvalue weighted by atomic mass is 32.2. The van der Waals surface area contributed by atoms with Crippen LogP contribution in [0, 0.1) is 0 Å². The molecule has 1 N–H and O–H groups in total. The Kier molecular flexibility index (Phi) is 7.04. The van der Waals surface area contributed by atoms with Crippen LogP contribution >= 0.6 is 0 Å². The van der Waals surface area contributed by atoms with Gasteiger partial charge in [0, 0.05) is 30.7 Å². The first-order chi connectivity index (χ1) is 14.0. The first-order valence-corrected chi connectivity index (χ1v) is 11.3. The van der Waals surface area contributed by atoms with Crippen molar-refractivity contribution in [3.05, 3.63) is 54.1 Å². The van der Waals surface area contributed by atoms with E-state index in [-0.39, 0.29) is 5.56 Å². The van der Waals surface area contributed by atoms with Gasteiger partial charge < -0.3 is 15.0 Å². The highest BCUT2D eigenvalue weighted by Crippen LogP contribution is 2.22. The number of hydrogen-bond donors (Lipinski definition) is 1. The lowest BCUT2D eigenvalue weighted by Gasteiger charge is -2.28. The summed E-state index contributed by atoms with van der Waals surface area (Å²) in [5.74, 6) is -1.09. The highest BCUT2D eigenvalue weighted by Gasteiger charge is 2.22. The Morgan fingerprint density at radius 1 is 1.03 bits per heavy atom. The van der Waals surface area contributed by atoms with Gasteiger partial charge in [0.1, 0.15) is 0 Å². The molecule has 2 atom stereocenters. The zero-order chi connectivity index (χ0) is 20.8. The fourth-order valence-electron chi connectivity index (χ4n) is 3.32. The first kappa shape index (κ1) is 21.0. The average molecular weight is 415 g/mol. The van der Waals surface area contributed by atoms with Crippen molar-refractivity contribution in [3.63, 3.8) is 0 Å². The molecule has 154 valence electrons. The zero-order valence-electron chi connectivity index (χ0n) is 16.7. The van der Waals surface area contributed by atoms with Crippen molar-refractivity contribution in [1.82, 2.24) is 0 Å². The fraction of sp³-hybridized carbons (Fsp3) is 0.364. The molecule has 3 rings (SSSR count). The number of anilines is 2. The first-order valence-electron chi connectivity index (χ1n) is 9.75. The van der Waals surface area contributed by atoms with Crippen molar-refractivity contribution in [2.75, 3.05) is 29.6 Å². The Balaban J connectivity index is 1.59. The molecule has 0 bridgehead atoms.